The number of anilines is 1. The summed E-state index contributed by atoms with van der Waals surface area (Å²) in [6.07, 6.45) is 1.89. The first kappa shape index (κ1) is 14.6. The smallest absolute Gasteiger partial charge is 0.228 e. The number of fused-ring (bicyclic) bond motifs is 1. The summed E-state index contributed by atoms with van der Waals surface area (Å²) < 4.78 is 13.3. The zero-order valence-corrected chi connectivity index (χ0v) is 12.7. The molecule has 0 aliphatic carbocycles. The van der Waals surface area contributed by atoms with Gasteiger partial charge in [-0.15, -0.1) is 0 Å². The summed E-state index contributed by atoms with van der Waals surface area (Å²) in [4.78, 5) is 15.2. The van der Waals surface area contributed by atoms with Gasteiger partial charge in [-0.25, -0.2) is 4.39 Å². The Morgan fingerprint density at radius 3 is 2.86 bits per heavy atom. The number of carbonyl (C=O) groups excluding carboxylic acids is 1. The van der Waals surface area contributed by atoms with E-state index >= 15 is 0 Å². The van der Waals surface area contributed by atoms with Gasteiger partial charge in [0.25, 0.3) is 0 Å². The monoisotopic (exact) mass is 316 g/mol. The number of rotatable bonds is 3. The Balaban J connectivity index is 1.78. The topological polar surface area (TPSA) is 44.9 Å². The fourth-order valence-corrected chi connectivity index (χ4v) is 2.53. The summed E-state index contributed by atoms with van der Waals surface area (Å²) in [6, 6.07) is 9.83. The Bertz CT molecular complexity index is 857. The molecule has 0 aliphatic rings. The van der Waals surface area contributed by atoms with Crippen LogP contribution in [0.5, 0.6) is 0 Å². The largest absolute Gasteiger partial charge is 0.361 e. The normalized spacial score (nSPS) is 10.9. The minimum absolute atomic E-state index is 0.162. The van der Waals surface area contributed by atoms with Crippen LogP contribution < -0.4 is 5.32 Å². The van der Waals surface area contributed by atoms with Gasteiger partial charge in [-0.05, 0) is 48.4 Å². The number of aromatic amines is 1. The number of halogens is 2. The van der Waals surface area contributed by atoms with Crippen LogP contribution in [0.15, 0.2) is 42.6 Å². The number of nitrogens with one attached hydrogen (secondary N) is 2. The van der Waals surface area contributed by atoms with Crippen molar-refractivity contribution in [2.75, 3.05) is 5.32 Å². The molecular weight excluding hydrogens is 303 g/mol. The molecule has 0 bridgehead atoms. The number of H-pyrrole nitrogens is 1. The lowest BCUT2D eigenvalue weighted by atomic mass is 10.1. The van der Waals surface area contributed by atoms with Gasteiger partial charge < -0.3 is 10.3 Å². The summed E-state index contributed by atoms with van der Waals surface area (Å²) in [5.74, 6) is -0.496. The van der Waals surface area contributed by atoms with Gasteiger partial charge in [0.2, 0.25) is 5.91 Å². The van der Waals surface area contributed by atoms with Gasteiger partial charge in [-0.2, -0.15) is 0 Å². The molecule has 112 valence electrons. The summed E-state index contributed by atoms with van der Waals surface area (Å²) in [5, 5.41) is 4.12. The van der Waals surface area contributed by atoms with Crippen LogP contribution in [-0.4, -0.2) is 10.9 Å². The molecule has 0 unspecified atom stereocenters. The lowest BCUT2D eigenvalue weighted by Gasteiger charge is -2.06. The second-order valence-electron chi connectivity index (χ2n) is 5.19. The van der Waals surface area contributed by atoms with Crippen LogP contribution in [0.1, 0.15) is 11.1 Å². The van der Waals surface area contributed by atoms with Crippen LogP contribution in [0.4, 0.5) is 10.1 Å². The number of amides is 1. The maximum Gasteiger partial charge on any atom is 0.228 e. The molecule has 0 saturated heterocycles. The molecule has 3 rings (SSSR count). The molecule has 5 heteroatoms. The van der Waals surface area contributed by atoms with Crippen molar-refractivity contribution in [3.05, 3.63) is 64.6 Å². The highest BCUT2D eigenvalue weighted by molar-refractivity contribution is 6.31. The maximum absolute atomic E-state index is 13.3. The quantitative estimate of drug-likeness (QED) is 0.736. The van der Waals surface area contributed by atoms with Crippen LogP contribution in [0, 0.1) is 12.7 Å². The highest BCUT2D eigenvalue weighted by Crippen LogP contribution is 2.22. The van der Waals surface area contributed by atoms with E-state index in [9.17, 15) is 9.18 Å². The van der Waals surface area contributed by atoms with Gasteiger partial charge in [-0.1, -0.05) is 17.7 Å². The molecule has 1 aromatic heterocycles. The van der Waals surface area contributed by atoms with E-state index in [2.05, 4.69) is 10.3 Å². The molecule has 1 heterocycles. The Kier molecular flexibility index (Phi) is 3.86. The molecule has 2 N–H and O–H groups in total. The van der Waals surface area contributed by atoms with E-state index in [-0.39, 0.29) is 18.1 Å². The van der Waals surface area contributed by atoms with Gasteiger partial charge in [0.15, 0.2) is 0 Å². The molecule has 0 aliphatic heterocycles. The Hall–Kier alpha value is -2.33. The first-order valence-electron chi connectivity index (χ1n) is 6.84. The predicted octanol–water partition coefficient (Wildman–Crippen LogP) is 4.45. The summed E-state index contributed by atoms with van der Waals surface area (Å²) in [5.41, 5.74) is 3.16. The minimum atomic E-state index is -0.320. The maximum atomic E-state index is 13.3. The highest BCUT2D eigenvalue weighted by atomic mass is 35.5. The van der Waals surface area contributed by atoms with E-state index in [1.807, 2.05) is 13.0 Å². The first-order valence-corrected chi connectivity index (χ1v) is 7.22. The molecule has 0 radical (unpaired) electrons. The summed E-state index contributed by atoms with van der Waals surface area (Å²) in [7, 11) is 0. The second kappa shape index (κ2) is 5.81. The zero-order chi connectivity index (χ0) is 15.7. The van der Waals surface area contributed by atoms with Crippen molar-refractivity contribution in [3.8, 4) is 0 Å². The third kappa shape index (κ3) is 2.97. The van der Waals surface area contributed by atoms with Crippen LogP contribution in [-0.2, 0) is 11.2 Å². The van der Waals surface area contributed by atoms with Crippen molar-refractivity contribution in [1.82, 2.24) is 4.98 Å². The summed E-state index contributed by atoms with van der Waals surface area (Å²) >= 11 is 6.04. The Morgan fingerprint density at radius 1 is 1.27 bits per heavy atom. The number of aryl methyl sites for hydroxylation is 1. The molecule has 0 atom stereocenters. The van der Waals surface area contributed by atoms with Crippen molar-refractivity contribution < 1.29 is 9.18 Å². The van der Waals surface area contributed by atoms with E-state index in [1.54, 1.807) is 24.4 Å². The van der Waals surface area contributed by atoms with E-state index in [4.69, 9.17) is 11.6 Å². The third-order valence-electron chi connectivity index (χ3n) is 3.54. The van der Waals surface area contributed by atoms with Crippen LogP contribution >= 0.6 is 11.6 Å². The lowest BCUT2D eigenvalue weighted by Crippen LogP contribution is -2.14. The Labute approximate surface area is 132 Å². The van der Waals surface area contributed by atoms with Crippen molar-refractivity contribution in [2.45, 2.75) is 13.3 Å². The SMILES string of the molecule is Cc1ccc(NC(=O)Cc2c[nH]c3ccc(F)cc23)cc1Cl. The van der Waals surface area contributed by atoms with Gasteiger partial charge in [-0.3, -0.25) is 4.79 Å². The van der Waals surface area contributed by atoms with Gasteiger partial charge in [0.1, 0.15) is 5.82 Å². The Morgan fingerprint density at radius 2 is 2.09 bits per heavy atom. The number of benzene rings is 2. The third-order valence-corrected chi connectivity index (χ3v) is 3.94. The predicted molar refractivity (Wildman–Crippen MR) is 86.8 cm³/mol. The van der Waals surface area contributed by atoms with Crippen molar-refractivity contribution in [2.24, 2.45) is 0 Å². The minimum Gasteiger partial charge on any atom is -0.361 e. The van der Waals surface area contributed by atoms with Gasteiger partial charge in [0, 0.05) is 27.8 Å². The average molecular weight is 317 g/mol. The van der Waals surface area contributed by atoms with Crippen LogP contribution in [0.25, 0.3) is 10.9 Å². The standard InChI is InChI=1S/C17H14ClFN2O/c1-10-2-4-13(8-15(10)18)21-17(22)6-11-9-20-16-5-3-12(19)7-14(11)16/h2-5,7-9,20H,6H2,1H3,(H,21,22). The lowest BCUT2D eigenvalue weighted by molar-refractivity contribution is -0.115. The van der Waals surface area contributed by atoms with Crippen LogP contribution in [0.3, 0.4) is 0 Å². The average Bonchev–Trinajstić information content (AvgIpc) is 2.85. The molecule has 0 spiro atoms. The molecule has 3 aromatic rings. The molecule has 2 aromatic carbocycles. The number of aromatic nitrogens is 1. The van der Waals surface area contributed by atoms with Gasteiger partial charge in [0.05, 0.1) is 6.42 Å². The molecular formula is C17H14ClFN2O. The highest BCUT2D eigenvalue weighted by Gasteiger charge is 2.10. The molecule has 0 fully saturated rings. The first-order chi connectivity index (χ1) is 10.5. The summed E-state index contributed by atoms with van der Waals surface area (Å²) in [6.45, 7) is 1.90. The zero-order valence-electron chi connectivity index (χ0n) is 11.9. The molecule has 3 nitrogen and oxygen atoms in total. The number of carbonyl (C=O) groups is 1. The van der Waals surface area contributed by atoms with E-state index < -0.39 is 0 Å². The van der Waals surface area contributed by atoms with Crippen LogP contribution in [0.2, 0.25) is 5.02 Å². The van der Waals surface area contributed by atoms with Gasteiger partial charge >= 0.3 is 0 Å². The van der Waals surface area contributed by atoms with E-state index in [0.29, 0.717) is 10.7 Å². The fourth-order valence-electron chi connectivity index (χ4n) is 2.35. The second-order valence-corrected chi connectivity index (χ2v) is 5.60. The van der Waals surface area contributed by atoms with E-state index in [1.165, 1.54) is 12.1 Å². The molecule has 22 heavy (non-hydrogen) atoms. The van der Waals surface area contributed by atoms with Crippen molar-refractivity contribution >= 4 is 34.1 Å². The molecule has 1 amide bonds. The van der Waals surface area contributed by atoms with E-state index in [0.717, 1.165) is 22.0 Å². The molecule has 0 saturated carbocycles. The van der Waals surface area contributed by atoms with Crippen molar-refractivity contribution in [1.29, 1.82) is 0 Å². The number of hydrogen-bond donors (Lipinski definition) is 2. The number of hydrogen-bond acceptors (Lipinski definition) is 1. The van der Waals surface area contributed by atoms with Crippen molar-refractivity contribution in [3.63, 3.8) is 0 Å². The fraction of sp³-hybridized carbons (Fsp3) is 0.118.